The zero-order valence-corrected chi connectivity index (χ0v) is 13.3. The fourth-order valence-electron chi connectivity index (χ4n) is 2.43. The Hall–Kier alpha value is -1.00. The molecule has 1 aliphatic rings. The molecule has 0 aliphatic carbocycles. The van der Waals surface area contributed by atoms with Gasteiger partial charge in [0.15, 0.2) is 0 Å². The molecule has 0 spiro atoms. The van der Waals surface area contributed by atoms with E-state index >= 15 is 0 Å². The van der Waals surface area contributed by atoms with Crippen molar-refractivity contribution in [2.45, 2.75) is 44.3 Å². The smallest absolute Gasteiger partial charge is 0.223 e. The highest BCUT2D eigenvalue weighted by Gasteiger charge is 2.25. The number of morpholine rings is 1. The molecule has 3 nitrogen and oxygen atoms in total. The van der Waals surface area contributed by atoms with Gasteiger partial charge >= 0.3 is 0 Å². The minimum atomic E-state index is 0.146. The van der Waals surface area contributed by atoms with Crippen LogP contribution in [0, 0.1) is 6.92 Å². The summed E-state index contributed by atoms with van der Waals surface area (Å²) in [6.45, 7) is 7.57. The minimum absolute atomic E-state index is 0.146. The number of nitrogens with zero attached hydrogens (tertiary/aromatic N) is 1. The molecule has 2 atom stereocenters. The Morgan fingerprint density at radius 2 is 1.85 bits per heavy atom. The first-order chi connectivity index (χ1) is 9.54. The van der Waals surface area contributed by atoms with Crippen molar-refractivity contribution in [3.63, 3.8) is 0 Å². The fraction of sp³-hybridized carbons (Fsp3) is 0.562. The summed E-state index contributed by atoms with van der Waals surface area (Å²) in [5, 5.41) is 0. The number of amides is 1. The zero-order chi connectivity index (χ0) is 14.5. The van der Waals surface area contributed by atoms with Crippen LogP contribution in [0.2, 0.25) is 0 Å². The van der Waals surface area contributed by atoms with E-state index in [0.29, 0.717) is 6.42 Å². The topological polar surface area (TPSA) is 29.5 Å². The number of hydrogen-bond acceptors (Lipinski definition) is 3. The van der Waals surface area contributed by atoms with Crippen molar-refractivity contribution in [1.82, 2.24) is 4.90 Å². The van der Waals surface area contributed by atoms with Crippen LogP contribution in [0.4, 0.5) is 0 Å². The van der Waals surface area contributed by atoms with Gasteiger partial charge in [-0.2, -0.15) is 0 Å². The van der Waals surface area contributed by atoms with Crippen LogP contribution in [0.3, 0.4) is 0 Å². The van der Waals surface area contributed by atoms with Gasteiger partial charge in [-0.05, 0) is 32.9 Å². The van der Waals surface area contributed by atoms with Gasteiger partial charge in [0.25, 0.3) is 0 Å². The lowest BCUT2D eigenvalue weighted by Crippen LogP contribution is -2.48. The summed E-state index contributed by atoms with van der Waals surface area (Å²) >= 11 is 1.74. The van der Waals surface area contributed by atoms with Crippen LogP contribution in [-0.4, -0.2) is 41.9 Å². The predicted molar refractivity (Wildman–Crippen MR) is 83.1 cm³/mol. The second kappa shape index (κ2) is 7.14. The average molecular weight is 293 g/mol. The van der Waals surface area contributed by atoms with Gasteiger partial charge in [0.05, 0.1) is 12.2 Å². The maximum Gasteiger partial charge on any atom is 0.223 e. The third-order valence-electron chi connectivity index (χ3n) is 3.38. The van der Waals surface area contributed by atoms with Crippen molar-refractivity contribution in [3.05, 3.63) is 29.8 Å². The molecule has 110 valence electrons. The largest absolute Gasteiger partial charge is 0.372 e. The van der Waals surface area contributed by atoms with Gasteiger partial charge in [-0.25, -0.2) is 0 Å². The Balaban J connectivity index is 1.76. The number of ether oxygens (including phenoxy) is 1. The Labute approximate surface area is 125 Å². The molecule has 4 heteroatoms. The number of hydrogen-bond donors (Lipinski definition) is 0. The van der Waals surface area contributed by atoms with E-state index in [9.17, 15) is 4.79 Å². The van der Waals surface area contributed by atoms with Gasteiger partial charge in [0.2, 0.25) is 5.91 Å². The molecule has 0 aromatic heterocycles. The highest BCUT2D eigenvalue weighted by Crippen LogP contribution is 2.20. The van der Waals surface area contributed by atoms with Gasteiger partial charge in [0.1, 0.15) is 0 Å². The Morgan fingerprint density at radius 3 is 2.45 bits per heavy atom. The van der Waals surface area contributed by atoms with E-state index in [-0.39, 0.29) is 18.1 Å². The third-order valence-corrected chi connectivity index (χ3v) is 4.39. The SMILES string of the molecule is Cc1ccc(SCCC(=O)N2C[C@@H](C)O[C@H](C)C2)cc1. The second-order valence-corrected chi connectivity index (χ2v) is 6.64. The summed E-state index contributed by atoms with van der Waals surface area (Å²) in [5.74, 6) is 1.08. The van der Waals surface area contributed by atoms with Crippen LogP contribution in [0.25, 0.3) is 0 Å². The summed E-state index contributed by atoms with van der Waals surface area (Å²) in [7, 11) is 0. The Kier molecular flexibility index (Phi) is 5.49. The summed E-state index contributed by atoms with van der Waals surface area (Å²) in [6.07, 6.45) is 0.887. The molecular formula is C16H23NO2S. The lowest BCUT2D eigenvalue weighted by atomic mass is 10.2. The Bertz CT molecular complexity index is 436. The van der Waals surface area contributed by atoms with Crippen LogP contribution in [0.1, 0.15) is 25.8 Å². The summed E-state index contributed by atoms with van der Waals surface area (Å²) in [6, 6.07) is 8.44. The number of carbonyl (C=O) groups excluding carboxylic acids is 1. The number of benzene rings is 1. The molecule has 1 aromatic rings. The molecule has 1 fully saturated rings. The number of aryl methyl sites for hydroxylation is 1. The van der Waals surface area contributed by atoms with Crippen molar-refractivity contribution >= 4 is 17.7 Å². The van der Waals surface area contributed by atoms with Gasteiger partial charge in [0, 0.05) is 30.2 Å². The molecule has 0 radical (unpaired) electrons. The first-order valence-corrected chi connectivity index (χ1v) is 8.16. The van der Waals surface area contributed by atoms with E-state index in [2.05, 4.69) is 31.2 Å². The van der Waals surface area contributed by atoms with Crippen molar-refractivity contribution < 1.29 is 9.53 Å². The molecule has 0 N–H and O–H groups in total. The number of rotatable bonds is 4. The van der Waals surface area contributed by atoms with Gasteiger partial charge in [-0.15, -0.1) is 11.8 Å². The number of thioether (sulfide) groups is 1. The standard InChI is InChI=1S/C16H23NO2S/c1-12-4-6-15(7-5-12)20-9-8-16(18)17-10-13(2)19-14(3)11-17/h4-7,13-14H,8-11H2,1-3H3/t13-,14-/m1/s1. The van der Waals surface area contributed by atoms with E-state index in [1.807, 2.05) is 18.7 Å². The molecule has 2 rings (SSSR count). The highest BCUT2D eigenvalue weighted by atomic mass is 32.2. The zero-order valence-electron chi connectivity index (χ0n) is 12.5. The molecule has 1 saturated heterocycles. The van der Waals surface area contributed by atoms with E-state index in [4.69, 9.17) is 4.74 Å². The van der Waals surface area contributed by atoms with Crippen LogP contribution in [0.15, 0.2) is 29.2 Å². The van der Waals surface area contributed by atoms with Crippen molar-refractivity contribution in [1.29, 1.82) is 0 Å². The molecule has 0 bridgehead atoms. The lowest BCUT2D eigenvalue weighted by Gasteiger charge is -2.35. The maximum absolute atomic E-state index is 12.2. The third kappa shape index (κ3) is 4.53. The molecule has 1 heterocycles. The van der Waals surface area contributed by atoms with Crippen molar-refractivity contribution in [2.75, 3.05) is 18.8 Å². The quantitative estimate of drug-likeness (QED) is 0.799. The molecule has 1 aliphatic heterocycles. The van der Waals surface area contributed by atoms with Crippen LogP contribution >= 0.6 is 11.8 Å². The molecule has 1 aromatic carbocycles. The van der Waals surface area contributed by atoms with Crippen LogP contribution in [0.5, 0.6) is 0 Å². The van der Waals surface area contributed by atoms with E-state index in [1.54, 1.807) is 11.8 Å². The fourth-order valence-corrected chi connectivity index (χ4v) is 3.27. The van der Waals surface area contributed by atoms with E-state index in [0.717, 1.165) is 18.8 Å². The van der Waals surface area contributed by atoms with Crippen molar-refractivity contribution in [2.24, 2.45) is 0 Å². The monoisotopic (exact) mass is 293 g/mol. The second-order valence-electron chi connectivity index (χ2n) is 5.47. The summed E-state index contributed by atoms with van der Waals surface area (Å²) < 4.78 is 5.65. The van der Waals surface area contributed by atoms with Gasteiger partial charge in [-0.3, -0.25) is 4.79 Å². The molecule has 1 amide bonds. The van der Waals surface area contributed by atoms with E-state index in [1.165, 1.54) is 10.5 Å². The average Bonchev–Trinajstić information content (AvgIpc) is 2.40. The first kappa shape index (κ1) is 15.4. The summed E-state index contributed by atoms with van der Waals surface area (Å²) in [4.78, 5) is 15.4. The highest BCUT2D eigenvalue weighted by molar-refractivity contribution is 7.99. The minimum Gasteiger partial charge on any atom is -0.372 e. The lowest BCUT2D eigenvalue weighted by molar-refractivity contribution is -0.142. The number of carbonyl (C=O) groups is 1. The first-order valence-electron chi connectivity index (χ1n) is 7.17. The summed E-state index contributed by atoms with van der Waals surface area (Å²) in [5.41, 5.74) is 1.27. The molecule has 20 heavy (non-hydrogen) atoms. The van der Waals surface area contributed by atoms with Crippen molar-refractivity contribution in [3.8, 4) is 0 Å². The molecular weight excluding hydrogens is 270 g/mol. The predicted octanol–water partition coefficient (Wildman–Crippen LogP) is 3.11. The van der Waals surface area contributed by atoms with Crippen LogP contribution < -0.4 is 0 Å². The molecule has 0 saturated carbocycles. The van der Waals surface area contributed by atoms with Crippen LogP contribution in [-0.2, 0) is 9.53 Å². The normalized spacial score (nSPS) is 22.9. The van der Waals surface area contributed by atoms with Gasteiger partial charge in [-0.1, -0.05) is 17.7 Å². The van der Waals surface area contributed by atoms with E-state index < -0.39 is 0 Å². The molecule has 0 unspecified atom stereocenters. The maximum atomic E-state index is 12.2. The Morgan fingerprint density at radius 1 is 1.25 bits per heavy atom. The van der Waals surface area contributed by atoms with Gasteiger partial charge < -0.3 is 9.64 Å².